The molecular formula is C19H24N2O3. The van der Waals surface area contributed by atoms with Gasteiger partial charge in [0, 0.05) is 12.7 Å². The van der Waals surface area contributed by atoms with Crippen LogP contribution in [0, 0.1) is 12.8 Å². The van der Waals surface area contributed by atoms with E-state index in [-0.39, 0.29) is 0 Å². The molecule has 128 valence electrons. The molecule has 1 aromatic carbocycles. The highest BCUT2D eigenvalue weighted by Gasteiger charge is 2.18. The molecule has 0 aliphatic rings. The maximum absolute atomic E-state index is 11.3. The third kappa shape index (κ3) is 5.35. The van der Waals surface area contributed by atoms with Crippen molar-refractivity contribution in [1.82, 2.24) is 10.3 Å². The van der Waals surface area contributed by atoms with Gasteiger partial charge in [-0.2, -0.15) is 0 Å². The Morgan fingerprint density at radius 3 is 2.71 bits per heavy atom. The highest BCUT2D eigenvalue weighted by Crippen LogP contribution is 2.25. The highest BCUT2D eigenvalue weighted by atomic mass is 16.5. The van der Waals surface area contributed by atoms with E-state index >= 15 is 0 Å². The molecule has 2 aromatic rings. The molecule has 1 atom stereocenters. The Bertz CT molecular complexity index is 672. The number of aliphatic carboxylic acids is 1. The molecule has 2 N–H and O–H groups in total. The first-order chi connectivity index (χ1) is 11.5. The summed E-state index contributed by atoms with van der Waals surface area (Å²) in [5.41, 5.74) is 2.02. The van der Waals surface area contributed by atoms with Crippen molar-refractivity contribution in [3.8, 4) is 11.5 Å². The second kappa shape index (κ2) is 8.45. The van der Waals surface area contributed by atoms with Crippen LogP contribution in [0.1, 0.15) is 31.4 Å². The molecule has 1 aromatic heterocycles. The van der Waals surface area contributed by atoms with Gasteiger partial charge in [-0.25, -0.2) is 0 Å². The van der Waals surface area contributed by atoms with Gasteiger partial charge >= 0.3 is 5.97 Å². The van der Waals surface area contributed by atoms with Gasteiger partial charge < -0.3 is 15.2 Å². The fourth-order valence-corrected chi connectivity index (χ4v) is 2.45. The van der Waals surface area contributed by atoms with Crippen LogP contribution in [0.15, 0.2) is 42.7 Å². The van der Waals surface area contributed by atoms with Crippen molar-refractivity contribution >= 4 is 5.97 Å². The van der Waals surface area contributed by atoms with Crippen molar-refractivity contribution in [3.63, 3.8) is 0 Å². The van der Waals surface area contributed by atoms with Gasteiger partial charge in [0.2, 0.25) is 0 Å². The lowest BCUT2D eigenvalue weighted by Crippen LogP contribution is -2.37. The number of carboxylic acids is 1. The molecule has 0 spiro atoms. The summed E-state index contributed by atoms with van der Waals surface area (Å²) in [6.45, 7) is 6.52. The van der Waals surface area contributed by atoms with Gasteiger partial charge in [-0.1, -0.05) is 26.0 Å². The minimum Gasteiger partial charge on any atom is -0.480 e. The molecule has 5 nitrogen and oxygen atoms in total. The average Bonchev–Trinajstić information content (AvgIpc) is 2.54. The lowest BCUT2D eigenvalue weighted by Gasteiger charge is -2.17. The van der Waals surface area contributed by atoms with Gasteiger partial charge in [0.25, 0.3) is 0 Å². The minimum absolute atomic E-state index is 0.329. The number of aryl methyl sites for hydroxylation is 1. The third-order valence-corrected chi connectivity index (χ3v) is 3.66. The second-order valence-corrected chi connectivity index (χ2v) is 6.29. The maximum atomic E-state index is 11.3. The number of ether oxygens (including phenoxy) is 1. The van der Waals surface area contributed by atoms with Gasteiger partial charge in [0.1, 0.15) is 17.5 Å². The first-order valence-electron chi connectivity index (χ1n) is 8.09. The molecule has 0 radical (unpaired) electrons. The number of hydrogen-bond donors (Lipinski definition) is 2. The van der Waals surface area contributed by atoms with Crippen molar-refractivity contribution in [2.75, 3.05) is 0 Å². The normalized spacial score (nSPS) is 12.2. The predicted octanol–water partition coefficient (Wildman–Crippen LogP) is 3.77. The van der Waals surface area contributed by atoms with Crippen molar-refractivity contribution in [3.05, 3.63) is 53.9 Å². The Hall–Kier alpha value is -2.40. The summed E-state index contributed by atoms with van der Waals surface area (Å²) in [7, 11) is 0. The zero-order valence-electron chi connectivity index (χ0n) is 14.3. The van der Waals surface area contributed by atoms with Crippen molar-refractivity contribution in [1.29, 1.82) is 0 Å². The van der Waals surface area contributed by atoms with E-state index in [1.54, 1.807) is 12.4 Å². The van der Waals surface area contributed by atoms with Crippen LogP contribution in [0.4, 0.5) is 0 Å². The third-order valence-electron chi connectivity index (χ3n) is 3.66. The van der Waals surface area contributed by atoms with Crippen LogP contribution in [-0.4, -0.2) is 22.1 Å². The summed E-state index contributed by atoms with van der Waals surface area (Å²) >= 11 is 0. The second-order valence-electron chi connectivity index (χ2n) is 6.29. The molecule has 0 saturated carbocycles. The summed E-state index contributed by atoms with van der Waals surface area (Å²) < 4.78 is 5.80. The number of rotatable bonds is 8. The van der Waals surface area contributed by atoms with Gasteiger partial charge in [-0.05, 0) is 48.6 Å². The summed E-state index contributed by atoms with van der Waals surface area (Å²) in [5.74, 6) is 0.977. The molecule has 2 rings (SSSR count). The van der Waals surface area contributed by atoms with Crippen LogP contribution >= 0.6 is 0 Å². The van der Waals surface area contributed by atoms with Crippen LogP contribution in [-0.2, 0) is 11.3 Å². The average molecular weight is 328 g/mol. The van der Waals surface area contributed by atoms with Crippen LogP contribution in [0.5, 0.6) is 11.5 Å². The highest BCUT2D eigenvalue weighted by molar-refractivity contribution is 5.73. The number of nitrogens with zero attached hydrogens (tertiary/aromatic N) is 1. The molecule has 0 aliphatic carbocycles. The maximum Gasteiger partial charge on any atom is 0.320 e. The largest absolute Gasteiger partial charge is 0.480 e. The van der Waals surface area contributed by atoms with Crippen molar-refractivity contribution in [2.45, 2.75) is 39.8 Å². The van der Waals surface area contributed by atoms with E-state index in [0.29, 0.717) is 24.6 Å². The number of pyridine rings is 1. The van der Waals surface area contributed by atoms with Crippen molar-refractivity contribution < 1.29 is 14.6 Å². The molecule has 0 unspecified atom stereocenters. The van der Waals surface area contributed by atoms with Crippen LogP contribution < -0.4 is 10.1 Å². The Labute approximate surface area is 142 Å². The molecule has 24 heavy (non-hydrogen) atoms. The van der Waals surface area contributed by atoms with Gasteiger partial charge in [-0.3, -0.25) is 9.78 Å². The quantitative estimate of drug-likeness (QED) is 0.772. The number of hydrogen-bond acceptors (Lipinski definition) is 4. The molecule has 1 heterocycles. The van der Waals surface area contributed by atoms with Crippen LogP contribution in [0.25, 0.3) is 0 Å². The Balaban J connectivity index is 2.00. The summed E-state index contributed by atoms with van der Waals surface area (Å²) in [5, 5.41) is 12.4. The smallest absolute Gasteiger partial charge is 0.320 e. The summed E-state index contributed by atoms with van der Waals surface area (Å²) in [4.78, 5) is 15.3. The van der Waals surface area contributed by atoms with E-state index in [1.165, 1.54) is 0 Å². The molecule has 5 heteroatoms. The Kier molecular flexibility index (Phi) is 6.32. The van der Waals surface area contributed by atoms with E-state index in [9.17, 15) is 9.90 Å². The monoisotopic (exact) mass is 328 g/mol. The standard InChI is InChI=1S/C19H24N2O3/c1-13(2)9-17(19(22)23)21-11-15-6-7-18(14(3)10-15)24-16-5-4-8-20-12-16/h4-8,10,12-13,17,21H,9,11H2,1-3H3,(H,22,23)/t17-/m0/s1. The first-order valence-corrected chi connectivity index (χ1v) is 8.09. The minimum atomic E-state index is -0.808. The molecular weight excluding hydrogens is 304 g/mol. The fraction of sp³-hybridized carbons (Fsp3) is 0.368. The van der Waals surface area contributed by atoms with E-state index in [0.717, 1.165) is 16.9 Å². The van der Waals surface area contributed by atoms with Gasteiger partial charge in [0.05, 0.1) is 6.20 Å². The first kappa shape index (κ1) is 17.9. The predicted molar refractivity (Wildman–Crippen MR) is 93.2 cm³/mol. The zero-order chi connectivity index (χ0) is 17.5. The molecule has 0 amide bonds. The fourth-order valence-electron chi connectivity index (χ4n) is 2.45. The Morgan fingerprint density at radius 1 is 1.33 bits per heavy atom. The SMILES string of the molecule is Cc1cc(CN[C@@H](CC(C)C)C(=O)O)ccc1Oc1cccnc1. The van der Waals surface area contributed by atoms with Crippen LogP contribution in [0.2, 0.25) is 0 Å². The molecule has 0 saturated heterocycles. The summed E-state index contributed by atoms with van der Waals surface area (Å²) in [6.07, 6.45) is 3.97. The summed E-state index contributed by atoms with van der Waals surface area (Å²) in [6, 6.07) is 9.00. The lowest BCUT2D eigenvalue weighted by atomic mass is 10.0. The van der Waals surface area contributed by atoms with Crippen LogP contribution in [0.3, 0.4) is 0 Å². The van der Waals surface area contributed by atoms with Crippen molar-refractivity contribution in [2.24, 2.45) is 5.92 Å². The number of carbonyl (C=O) groups is 1. The number of nitrogens with one attached hydrogen (secondary N) is 1. The van der Waals surface area contributed by atoms with E-state index in [1.807, 2.05) is 51.1 Å². The molecule has 0 bridgehead atoms. The number of benzene rings is 1. The molecule has 0 fully saturated rings. The zero-order valence-corrected chi connectivity index (χ0v) is 14.3. The van der Waals surface area contributed by atoms with Gasteiger partial charge in [0.15, 0.2) is 0 Å². The Morgan fingerprint density at radius 2 is 2.12 bits per heavy atom. The number of carboxylic acid groups (broad SMARTS) is 1. The topological polar surface area (TPSA) is 71.5 Å². The van der Waals surface area contributed by atoms with Gasteiger partial charge in [-0.15, -0.1) is 0 Å². The lowest BCUT2D eigenvalue weighted by molar-refractivity contribution is -0.140. The van der Waals surface area contributed by atoms with E-state index in [2.05, 4.69) is 10.3 Å². The molecule has 0 aliphatic heterocycles. The number of aromatic nitrogens is 1. The van der Waals surface area contributed by atoms with E-state index < -0.39 is 12.0 Å². The van der Waals surface area contributed by atoms with E-state index in [4.69, 9.17) is 4.74 Å².